The summed E-state index contributed by atoms with van der Waals surface area (Å²) in [4.78, 5) is 0. The van der Waals surface area contributed by atoms with Crippen LogP contribution in [0.1, 0.15) is 11.1 Å². The topological polar surface area (TPSA) is 20.2 Å². The monoisotopic (exact) mass is 259 g/mol. The lowest BCUT2D eigenvalue weighted by molar-refractivity contribution is -0.884. The zero-order valence-corrected chi connectivity index (χ0v) is 10.6. The molecule has 0 amide bonds. The van der Waals surface area contributed by atoms with Crippen molar-refractivity contribution >= 4 is 0 Å². The fraction of sp³-hybridized carbons (Fsp3) is 0.455. The summed E-state index contributed by atoms with van der Waals surface area (Å²) in [5.74, 6) is 0. The molecule has 1 aromatic rings. The Labute approximate surface area is 96.5 Å². The maximum Gasteiger partial charge on any atom is 0.104 e. The molecular weight excluding hydrogens is 242 g/mol. The van der Waals surface area contributed by atoms with Crippen LogP contribution in [-0.2, 0) is 13.2 Å². The van der Waals surface area contributed by atoms with E-state index in [1.165, 1.54) is 5.56 Å². The zero-order chi connectivity index (χ0) is 9.90. The molecule has 0 aliphatic heterocycles. The zero-order valence-electron chi connectivity index (χ0n) is 9.00. The van der Waals surface area contributed by atoms with Crippen molar-refractivity contribution in [2.75, 3.05) is 21.1 Å². The molecule has 0 aliphatic rings. The minimum atomic E-state index is 0. The predicted molar refractivity (Wildman–Crippen MR) is 54.1 cm³/mol. The molecule has 0 fully saturated rings. The lowest BCUT2D eigenvalue weighted by Crippen LogP contribution is -3.00. The Morgan fingerprint density at radius 2 is 1.57 bits per heavy atom. The fourth-order valence-electron chi connectivity index (χ4n) is 1.38. The molecule has 80 valence electrons. The van der Waals surface area contributed by atoms with Gasteiger partial charge in [-0.3, -0.25) is 0 Å². The fourth-order valence-corrected chi connectivity index (χ4v) is 1.38. The van der Waals surface area contributed by atoms with E-state index >= 15 is 0 Å². The van der Waals surface area contributed by atoms with E-state index in [0.29, 0.717) is 0 Å². The van der Waals surface area contributed by atoms with Crippen LogP contribution >= 0.6 is 0 Å². The highest BCUT2D eigenvalue weighted by atomic mass is 79.9. The Hall–Kier alpha value is -0.380. The van der Waals surface area contributed by atoms with Gasteiger partial charge >= 0.3 is 0 Å². The highest BCUT2D eigenvalue weighted by Crippen LogP contribution is 2.12. The summed E-state index contributed by atoms with van der Waals surface area (Å²) in [5.41, 5.74) is 2.27. The second-order valence-corrected chi connectivity index (χ2v) is 4.38. The number of benzene rings is 1. The molecule has 14 heavy (non-hydrogen) atoms. The van der Waals surface area contributed by atoms with Crippen LogP contribution in [0.5, 0.6) is 0 Å². The van der Waals surface area contributed by atoms with Crippen molar-refractivity contribution in [1.29, 1.82) is 0 Å². The Bertz CT molecular complexity index is 281. The average Bonchev–Trinajstić information content (AvgIpc) is 2.02. The van der Waals surface area contributed by atoms with Gasteiger partial charge in [-0.2, -0.15) is 0 Å². The molecule has 3 heteroatoms. The van der Waals surface area contributed by atoms with Crippen molar-refractivity contribution in [3.63, 3.8) is 0 Å². The molecule has 0 aliphatic carbocycles. The van der Waals surface area contributed by atoms with Gasteiger partial charge in [-0.05, 0) is 5.56 Å². The summed E-state index contributed by atoms with van der Waals surface area (Å²) in [5, 5.41) is 9.11. The Kier molecular flexibility index (Phi) is 5.34. The van der Waals surface area contributed by atoms with Crippen molar-refractivity contribution < 1.29 is 26.6 Å². The third-order valence-corrected chi connectivity index (χ3v) is 1.93. The maximum absolute atomic E-state index is 9.11. The lowest BCUT2D eigenvalue weighted by atomic mass is 10.1. The first kappa shape index (κ1) is 13.6. The van der Waals surface area contributed by atoms with Gasteiger partial charge in [-0.15, -0.1) is 0 Å². The Morgan fingerprint density at radius 1 is 1.07 bits per heavy atom. The summed E-state index contributed by atoms with van der Waals surface area (Å²) in [6.07, 6.45) is 0. The number of hydrogen-bond donors (Lipinski definition) is 1. The van der Waals surface area contributed by atoms with Gasteiger partial charge in [0.2, 0.25) is 0 Å². The summed E-state index contributed by atoms with van der Waals surface area (Å²) in [6, 6.07) is 8.04. The minimum Gasteiger partial charge on any atom is -1.00 e. The van der Waals surface area contributed by atoms with Gasteiger partial charge in [0.25, 0.3) is 0 Å². The average molecular weight is 260 g/mol. The van der Waals surface area contributed by atoms with Gasteiger partial charge < -0.3 is 26.6 Å². The van der Waals surface area contributed by atoms with Crippen LogP contribution in [0.25, 0.3) is 0 Å². The van der Waals surface area contributed by atoms with Gasteiger partial charge in [0.05, 0.1) is 27.7 Å². The molecule has 1 aromatic carbocycles. The number of hydrogen-bond acceptors (Lipinski definition) is 1. The van der Waals surface area contributed by atoms with E-state index in [1.54, 1.807) is 0 Å². The minimum absolute atomic E-state index is 0. The van der Waals surface area contributed by atoms with Crippen molar-refractivity contribution in [2.45, 2.75) is 13.2 Å². The molecule has 0 saturated carbocycles. The van der Waals surface area contributed by atoms with E-state index in [-0.39, 0.29) is 23.6 Å². The highest BCUT2D eigenvalue weighted by molar-refractivity contribution is 5.25. The largest absolute Gasteiger partial charge is 1.00 e. The Balaban J connectivity index is 0.00000169. The first-order valence-electron chi connectivity index (χ1n) is 4.51. The van der Waals surface area contributed by atoms with E-state index in [1.807, 2.05) is 18.2 Å². The van der Waals surface area contributed by atoms with Gasteiger partial charge in [0, 0.05) is 5.56 Å². The molecule has 0 bridgehead atoms. The third-order valence-electron chi connectivity index (χ3n) is 1.93. The molecule has 0 spiro atoms. The summed E-state index contributed by atoms with van der Waals surface area (Å²) < 4.78 is 0.886. The molecule has 0 unspecified atom stereocenters. The van der Waals surface area contributed by atoms with Gasteiger partial charge in [0.1, 0.15) is 6.54 Å². The highest BCUT2D eigenvalue weighted by Gasteiger charge is 2.10. The van der Waals surface area contributed by atoms with Gasteiger partial charge in [0.15, 0.2) is 0 Å². The number of aliphatic hydroxyl groups is 1. The number of aliphatic hydroxyl groups excluding tert-OH is 1. The molecule has 1 N–H and O–H groups in total. The lowest BCUT2D eigenvalue weighted by Gasteiger charge is -2.24. The molecule has 0 aromatic heterocycles. The summed E-state index contributed by atoms with van der Waals surface area (Å²) in [6.45, 7) is 1.09. The quantitative estimate of drug-likeness (QED) is 0.648. The maximum atomic E-state index is 9.11. The molecule has 2 nitrogen and oxygen atoms in total. The van der Waals surface area contributed by atoms with Crippen LogP contribution in [0.4, 0.5) is 0 Å². The van der Waals surface area contributed by atoms with Crippen molar-refractivity contribution in [3.05, 3.63) is 35.4 Å². The van der Waals surface area contributed by atoms with Crippen LogP contribution < -0.4 is 17.0 Å². The van der Waals surface area contributed by atoms with E-state index < -0.39 is 0 Å². The van der Waals surface area contributed by atoms with Crippen LogP contribution in [-0.4, -0.2) is 30.7 Å². The van der Waals surface area contributed by atoms with Crippen LogP contribution in [0.15, 0.2) is 24.3 Å². The molecule has 0 atom stereocenters. The normalized spacial score (nSPS) is 10.9. The van der Waals surface area contributed by atoms with E-state index in [9.17, 15) is 0 Å². The Morgan fingerprint density at radius 3 is 2.00 bits per heavy atom. The van der Waals surface area contributed by atoms with E-state index in [2.05, 4.69) is 27.2 Å². The molecular formula is C11H18BrNO. The summed E-state index contributed by atoms with van der Waals surface area (Å²) in [7, 11) is 6.44. The molecule has 0 radical (unpaired) electrons. The van der Waals surface area contributed by atoms with Gasteiger partial charge in [-0.25, -0.2) is 0 Å². The summed E-state index contributed by atoms with van der Waals surface area (Å²) >= 11 is 0. The standard InChI is InChI=1S/C11H18NO.BrH/c1-12(2,3)8-10-6-4-5-7-11(10)9-13;/h4-7,13H,8-9H2,1-3H3;1H/q+1;/p-1. The number of halogens is 1. The predicted octanol–water partition coefficient (Wildman–Crippen LogP) is -1.61. The third kappa shape index (κ3) is 4.22. The number of quaternary nitrogens is 1. The number of rotatable bonds is 3. The molecule has 0 heterocycles. The SMILES string of the molecule is C[N+](C)(C)Cc1ccccc1CO.[Br-]. The second kappa shape index (κ2) is 5.49. The number of nitrogens with zero attached hydrogens (tertiary/aromatic N) is 1. The van der Waals surface area contributed by atoms with E-state index in [0.717, 1.165) is 16.6 Å². The van der Waals surface area contributed by atoms with Crippen LogP contribution in [0.3, 0.4) is 0 Å². The van der Waals surface area contributed by atoms with Crippen molar-refractivity contribution in [1.82, 2.24) is 0 Å². The van der Waals surface area contributed by atoms with Crippen LogP contribution in [0, 0.1) is 0 Å². The molecule has 1 rings (SSSR count). The van der Waals surface area contributed by atoms with Crippen molar-refractivity contribution in [3.8, 4) is 0 Å². The first-order valence-corrected chi connectivity index (χ1v) is 4.51. The van der Waals surface area contributed by atoms with Crippen molar-refractivity contribution in [2.24, 2.45) is 0 Å². The van der Waals surface area contributed by atoms with Crippen LogP contribution in [0.2, 0.25) is 0 Å². The smallest absolute Gasteiger partial charge is 0.104 e. The first-order chi connectivity index (χ1) is 6.03. The van der Waals surface area contributed by atoms with E-state index in [4.69, 9.17) is 5.11 Å². The molecule has 0 saturated heterocycles. The van der Waals surface area contributed by atoms with Gasteiger partial charge in [-0.1, -0.05) is 24.3 Å². The second-order valence-electron chi connectivity index (χ2n) is 4.38.